The minimum atomic E-state index is 0.292. The predicted molar refractivity (Wildman–Crippen MR) is 113 cm³/mol. The fourth-order valence-corrected chi connectivity index (χ4v) is 3.83. The summed E-state index contributed by atoms with van der Waals surface area (Å²) in [7, 11) is 0. The standard InChI is InChI=1S/C22H20ClN5O/c23-15-7-8-17-18(10-15)28-22(27-17)20-13-24-19(12-25-20)14-6-9-21(26-11-14)29-16-4-2-1-3-5-16/h6-13,16H,1-5H2,(H,27,28). The van der Waals surface area contributed by atoms with Crippen LogP contribution in [0.2, 0.25) is 5.02 Å². The lowest BCUT2D eigenvalue weighted by Gasteiger charge is -2.22. The number of nitrogens with zero attached hydrogens (tertiary/aromatic N) is 4. The smallest absolute Gasteiger partial charge is 0.213 e. The van der Waals surface area contributed by atoms with Gasteiger partial charge in [0.05, 0.1) is 29.1 Å². The molecule has 29 heavy (non-hydrogen) atoms. The number of halogens is 1. The summed E-state index contributed by atoms with van der Waals surface area (Å²) in [5.74, 6) is 1.34. The molecule has 146 valence electrons. The highest BCUT2D eigenvalue weighted by Gasteiger charge is 2.15. The highest BCUT2D eigenvalue weighted by Crippen LogP contribution is 2.25. The first-order valence-corrected chi connectivity index (χ1v) is 10.2. The Hall–Kier alpha value is -2.99. The topological polar surface area (TPSA) is 76.6 Å². The minimum absolute atomic E-state index is 0.292. The molecular formula is C22H20ClN5O. The van der Waals surface area contributed by atoms with E-state index in [4.69, 9.17) is 16.3 Å². The fraction of sp³-hybridized carbons (Fsp3) is 0.273. The Morgan fingerprint density at radius 1 is 0.897 bits per heavy atom. The number of benzene rings is 1. The zero-order valence-electron chi connectivity index (χ0n) is 15.8. The van der Waals surface area contributed by atoms with Crippen LogP contribution in [0.15, 0.2) is 48.9 Å². The second-order valence-corrected chi connectivity index (χ2v) is 7.73. The number of fused-ring (bicyclic) bond motifs is 1. The van der Waals surface area contributed by atoms with Crippen LogP contribution in [-0.2, 0) is 0 Å². The van der Waals surface area contributed by atoms with Crippen LogP contribution in [0.3, 0.4) is 0 Å². The number of nitrogens with one attached hydrogen (secondary N) is 1. The molecule has 1 saturated carbocycles. The summed E-state index contributed by atoms with van der Waals surface area (Å²) in [6.45, 7) is 0. The maximum Gasteiger partial charge on any atom is 0.213 e. The van der Waals surface area contributed by atoms with Crippen molar-refractivity contribution >= 4 is 22.6 Å². The van der Waals surface area contributed by atoms with E-state index in [1.807, 2.05) is 30.3 Å². The van der Waals surface area contributed by atoms with Crippen molar-refractivity contribution in [2.45, 2.75) is 38.2 Å². The third kappa shape index (κ3) is 3.93. The van der Waals surface area contributed by atoms with Gasteiger partial charge in [-0.05, 0) is 49.9 Å². The Balaban J connectivity index is 1.32. The number of H-pyrrole nitrogens is 1. The maximum absolute atomic E-state index is 6.04. The highest BCUT2D eigenvalue weighted by molar-refractivity contribution is 6.31. The van der Waals surface area contributed by atoms with E-state index in [-0.39, 0.29) is 0 Å². The summed E-state index contributed by atoms with van der Waals surface area (Å²) in [5.41, 5.74) is 4.04. The first-order valence-electron chi connectivity index (χ1n) is 9.85. The molecule has 0 bridgehead atoms. The van der Waals surface area contributed by atoms with Crippen molar-refractivity contribution < 1.29 is 4.74 Å². The van der Waals surface area contributed by atoms with E-state index in [9.17, 15) is 0 Å². The van der Waals surface area contributed by atoms with Gasteiger partial charge in [0, 0.05) is 22.8 Å². The monoisotopic (exact) mass is 405 g/mol. The number of imidazole rings is 1. The summed E-state index contributed by atoms with van der Waals surface area (Å²) in [6, 6.07) is 9.42. The van der Waals surface area contributed by atoms with Crippen LogP contribution in [0.5, 0.6) is 5.88 Å². The highest BCUT2D eigenvalue weighted by atomic mass is 35.5. The molecule has 1 N–H and O–H groups in total. The van der Waals surface area contributed by atoms with E-state index < -0.39 is 0 Å². The molecule has 0 saturated heterocycles. The van der Waals surface area contributed by atoms with Crippen molar-refractivity contribution in [3.8, 4) is 28.7 Å². The van der Waals surface area contributed by atoms with Gasteiger partial charge in [-0.25, -0.2) is 15.0 Å². The van der Waals surface area contributed by atoms with E-state index >= 15 is 0 Å². The van der Waals surface area contributed by atoms with Gasteiger partial charge in [0.15, 0.2) is 5.82 Å². The summed E-state index contributed by atoms with van der Waals surface area (Å²) < 4.78 is 5.99. The van der Waals surface area contributed by atoms with Crippen molar-refractivity contribution in [3.05, 3.63) is 53.9 Å². The van der Waals surface area contributed by atoms with Crippen molar-refractivity contribution in [1.82, 2.24) is 24.9 Å². The molecule has 0 unspecified atom stereocenters. The molecule has 0 atom stereocenters. The molecule has 1 aliphatic rings. The van der Waals surface area contributed by atoms with Gasteiger partial charge < -0.3 is 9.72 Å². The van der Waals surface area contributed by atoms with Gasteiger partial charge in [-0.2, -0.15) is 0 Å². The summed E-state index contributed by atoms with van der Waals surface area (Å²) in [5, 5.41) is 0.664. The number of aromatic amines is 1. The average Bonchev–Trinajstić information content (AvgIpc) is 3.18. The van der Waals surface area contributed by atoms with Gasteiger partial charge >= 0.3 is 0 Å². The maximum atomic E-state index is 6.04. The molecule has 1 aliphatic carbocycles. The van der Waals surface area contributed by atoms with Crippen LogP contribution in [-0.4, -0.2) is 31.0 Å². The van der Waals surface area contributed by atoms with Crippen LogP contribution >= 0.6 is 11.6 Å². The Morgan fingerprint density at radius 2 is 1.72 bits per heavy atom. The number of pyridine rings is 1. The molecule has 5 rings (SSSR count). The third-order valence-corrected chi connectivity index (χ3v) is 5.45. The van der Waals surface area contributed by atoms with Gasteiger partial charge in [0.2, 0.25) is 5.88 Å². The van der Waals surface area contributed by atoms with Crippen molar-refractivity contribution in [2.24, 2.45) is 0 Å². The molecule has 6 nitrogen and oxygen atoms in total. The predicted octanol–water partition coefficient (Wildman–Crippen LogP) is 5.45. The van der Waals surface area contributed by atoms with Gasteiger partial charge in [0.25, 0.3) is 0 Å². The molecule has 3 aromatic heterocycles. The average molecular weight is 406 g/mol. The van der Waals surface area contributed by atoms with E-state index in [0.717, 1.165) is 35.1 Å². The SMILES string of the molecule is Clc1ccc2nc(-c3cnc(-c4ccc(OC5CCCCC5)nc4)cn3)[nH]c2c1. The normalized spacial score (nSPS) is 14.9. The number of hydrogen-bond donors (Lipinski definition) is 1. The van der Waals surface area contributed by atoms with Gasteiger partial charge in [-0.15, -0.1) is 0 Å². The van der Waals surface area contributed by atoms with Gasteiger partial charge in [0.1, 0.15) is 11.8 Å². The lowest BCUT2D eigenvalue weighted by Crippen LogP contribution is -2.20. The van der Waals surface area contributed by atoms with Crippen LogP contribution in [0.4, 0.5) is 0 Å². The third-order valence-electron chi connectivity index (χ3n) is 5.21. The second-order valence-electron chi connectivity index (χ2n) is 7.30. The van der Waals surface area contributed by atoms with E-state index in [1.54, 1.807) is 18.6 Å². The van der Waals surface area contributed by atoms with E-state index in [1.165, 1.54) is 19.3 Å². The molecular weight excluding hydrogens is 386 g/mol. The first kappa shape index (κ1) is 18.1. The first-order chi connectivity index (χ1) is 14.2. The minimum Gasteiger partial charge on any atom is -0.474 e. The fourth-order valence-electron chi connectivity index (χ4n) is 3.66. The molecule has 0 amide bonds. The van der Waals surface area contributed by atoms with Gasteiger partial charge in [-0.3, -0.25) is 4.98 Å². The van der Waals surface area contributed by atoms with E-state index in [2.05, 4.69) is 24.9 Å². The van der Waals surface area contributed by atoms with Crippen molar-refractivity contribution in [3.63, 3.8) is 0 Å². The largest absolute Gasteiger partial charge is 0.474 e. The quantitative estimate of drug-likeness (QED) is 0.488. The molecule has 1 aromatic carbocycles. The van der Waals surface area contributed by atoms with Crippen LogP contribution in [0.25, 0.3) is 33.8 Å². The van der Waals surface area contributed by atoms with E-state index in [0.29, 0.717) is 28.5 Å². The van der Waals surface area contributed by atoms with Crippen molar-refractivity contribution in [2.75, 3.05) is 0 Å². The summed E-state index contributed by atoms with van der Waals surface area (Å²) in [6.07, 6.45) is 11.5. The Morgan fingerprint density at radius 3 is 2.48 bits per heavy atom. The van der Waals surface area contributed by atoms with Gasteiger partial charge in [-0.1, -0.05) is 18.0 Å². The molecule has 4 aromatic rings. The zero-order chi connectivity index (χ0) is 19.6. The molecule has 0 spiro atoms. The Kier molecular flexibility index (Phi) is 4.86. The van der Waals surface area contributed by atoms with Crippen LogP contribution in [0.1, 0.15) is 32.1 Å². The Labute approximate surface area is 173 Å². The molecule has 1 fully saturated rings. The molecule has 0 radical (unpaired) electrons. The van der Waals surface area contributed by atoms with Crippen LogP contribution < -0.4 is 4.74 Å². The molecule has 3 heterocycles. The lowest BCUT2D eigenvalue weighted by atomic mass is 9.98. The lowest BCUT2D eigenvalue weighted by molar-refractivity contribution is 0.148. The number of aromatic nitrogens is 5. The Bertz CT molecular complexity index is 1120. The summed E-state index contributed by atoms with van der Waals surface area (Å²) in [4.78, 5) is 21.3. The zero-order valence-corrected chi connectivity index (χ0v) is 16.6. The number of rotatable bonds is 4. The number of hydrogen-bond acceptors (Lipinski definition) is 5. The molecule has 0 aliphatic heterocycles. The number of ether oxygens (including phenoxy) is 1. The van der Waals surface area contributed by atoms with Crippen LogP contribution in [0, 0.1) is 0 Å². The second kappa shape index (κ2) is 7.79. The summed E-state index contributed by atoms with van der Waals surface area (Å²) >= 11 is 6.04. The van der Waals surface area contributed by atoms with Crippen molar-refractivity contribution in [1.29, 1.82) is 0 Å². The molecule has 7 heteroatoms.